The van der Waals surface area contributed by atoms with Crippen molar-refractivity contribution in [2.24, 2.45) is 17.8 Å². The maximum atomic E-state index is 5.73. The minimum absolute atomic E-state index is 0.141. The summed E-state index contributed by atoms with van der Waals surface area (Å²) in [5, 5.41) is 3.52. The highest BCUT2D eigenvalue weighted by atomic mass is 35.5. The summed E-state index contributed by atoms with van der Waals surface area (Å²) in [6.45, 7) is 0.923. The Morgan fingerprint density at radius 1 is 1.00 bits per heavy atom. The molecule has 1 heterocycles. The van der Waals surface area contributed by atoms with E-state index in [-0.39, 0.29) is 10.6 Å². The first kappa shape index (κ1) is 11.5. The standard InChI is InChI=1S/C11H14Cl2N4/c12-9-15-10(13)17-11(16-9)14-5-8(6-1-2-6)7-3-4-7/h6-8H,1-5H2,(H,14,15,16,17). The zero-order valence-electron chi connectivity index (χ0n) is 9.37. The van der Waals surface area contributed by atoms with Gasteiger partial charge in [-0.25, -0.2) is 0 Å². The topological polar surface area (TPSA) is 50.7 Å². The number of hydrogen-bond acceptors (Lipinski definition) is 4. The van der Waals surface area contributed by atoms with Crippen LogP contribution in [0.25, 0.3) is 0 Å². The lowest BCUT2D eigenvalue weighted by Crippen LogP contribution is -2.19. The van der Waals surface area contributed by atoms with Crippen LogP contribution in [0.5, 0.6) is 0 Å². The molecule has 4 nitrogen and oxygen atoms in total. The third kappa shape index (κ3) is 2.99. The molecule has 1 aromatic rings. The maximum Gasteiger partial charge on any atom is 0.228 e. The quantitative estimate of drug-likeness (QED) is 0.895. The van der Waals surface area contributed by atoms with Crippen molar-refractivity contribution >= 4 is 29.2 Å². The molecule has 0 unspecified atom stereocenters. The second-order valence-corrected chi connectivity index (χ2v) is 5.59. The van der Waals surface area contributed by atoms with E-state index in [2.05, 4.69) is 20.3 Å². The van der Waals surface area contributed by atoms with E-state index < -0.39 is 0 Å². The van der Waals surface area contributed by atoms with Crippen LogP contribution >= 0.6 is 23.2 Å². The van der Waals surface area contributed by atoms with Crippen molar-refractivity contribution in [2.75, 3.05) is 11.9 Å². The third-order valence-corrected chi connectivity index (χ3v) is 3.87. The zero-order valence-corrected chi connectivity index (χ0v) is 10.9. The van der Waals surface area contributed by atoms with Gasteiger partial charge in [-0.3, -0.25) is 0 Å². The van der Waals surface area contributed by atoms with Gasteiger partial charge in [-0.15, -0.1) is 0 Å². The van der Waals surface area contributed by atoms with Gasteiger partial charge in [0.15, 0.2) is 0 Å². The largest absolute Gasteiger partial charge is 0.354 e. The minimum Gasteiger partial charge on any atom is -0.354 e. The number of hydrogen-bond donors (Lipinski definition) is 1. The molecular formula is C11H14Cl2N4. The summed E-state index contributed by atoms with van der Waals surface area (Å²) in [4.78, 5) is 11.8. The normalized spacial score (nSPS) is 19.7. The van der Waals surface area contributed by atoms with E-state index in [9.17, 15) is 0 Å². The second-order valence-electron chi connectivity index (χ2n) is 4.92. The lowest BCUT2D eigenvalue weighted by Gasteiger charge is -2.15. The first-order valence-electron chi connectivity index (χ1n) is 6.03. The highest BCUT2D eigenvalue weighted by Gasteiger charge is 2.41. The molecule has 92 valence electrons. The number of nitrogens with zero attached hydrogens (tertiary/aromatic N) is 3. The summed E-state index contributed by atoms with van der Waals surface area (Å²) in [6.07, 6.45) is 5.51. The molecule has 1 aromatic heterocycles. The zero-order chi connectivity index (χ0) is 11.8. The first-order chi connectivity index (χ1) is 8.22. The molecule has 6 heteroatoms. The molecule has 3 rings (SSSR count). The molecule has 2 saturated carbocycles. The fourth-order valence-electron chi connectivity index (χ4n) is 2.38. The van der Waals surface area contributed by atoms with E-state index in [0.717, 1.165) is 24.3 Å². The number of nitrogens with one attached hydrogen (secondary N) is 1. The van der Waals surface area contributed by atoms with E-state index >= 15 is 0 Å². The Kier molecular flexibility index (Phi) is 3.09. The average Bonchev–Trinajstić information content (AvgIpc) is 3.12. The van der Waals surface area contributed by atoms with Crippen molar-refractivity contribution in [3.63, 3.8) is 0 Å². The molecule has 2 fully saturated rings. The molecule has 0 amide bonds. The van der Waals surface area contributed by atoms with Crippen LogP contribution in [0.15, 0.2) is 0 Å². The van der Waals surface area contributed by atoms with Crippen molar-refractivity contribution in [1.29, 1.82) is 0 Å². The Bertz CT molecular complexity index is 386. The van der Waals surface area contributed by atoms with Crippen LogP contribution in [0.2, 0.25) is 10.6 Å². The Morgan fingerprint density at radius 3 is 2.00 bits per heavy atom. The van der Waals surface area contributed by atoms with E-state index in [1.54, 1.807) is 0 Å². The van der Waals surface area contributed by atoms with Gasteiger partial charge in [-0.1, -0.05) is 0 Å². The van der Waals surface area contributed by atoms with Crippen LogP contribution in [0.1, 0.15) is 25.7 Å². The van der Waals surface area contributed by atoms with Gasteiger partial charge in [0, 0.05) is 6.54 Å². The summed E-state index contributed by atoms with van der Waals surface area (Å²) in [5.41, 5.74) is 0. The van der Waals surface area contributed by atoms with Crippen molar-refractivity contribution < 1.29 is 0 Å². The SMILES string of the molecule is Clc1nc(Cl)nc(NCC(C2CC2)C2CC2)n1. The molecule has 0 aromatic carbocycles. The summed E-state index contributed by atoms with van der Waals surface area (Å²) >= 11 is 11.5. The number of aromatic nitrogens is 3. The monoisotopic (exact) mass is 272 g/mol. The van der Waals surface area contributed by atoms with Crippen molar-refractivity contribution in [2.45, 2.75) is 25.7 Å². The van der Waals surface area contributed by atoms with Crippen LogP contribution in [0.3, 0.4) is 0 Å². The lowest BCUT2D eigenvalue weighted by molar-refractivity contribution is 0.427. The molecule has 0 spiro atoms. The fourth-order valence-corrected chi connectivity index (χ4v) is 2.74. The molecule has 0 atom stereocenters. The summed E-state index contributed by atoms with van der Waals surface area (Å²) in [6, 6.07) is 0. The molecule has 2 aliphatic rings. The van der Waals surface area contributed by atoms with Crippen LogP contribution in [-0.2, 0) is 0 Å². The van der Waals surface area contributed by atoms with Gasteiger partial charge >= 0.3 is 0 Å². The van der Waals surface area contributed by atoms with Crippen LogP contribution < -0.4 is 5.32 Å². The molecule has 0 radical (unpaired) electrons. The van der Waals surface area contributed by atoms with E-state index in [4.69, 9.17) is 23.2 Å². The van der Waals surface area contributed by atoms with Gasteiger partial charge in [0.2, 0.25) is 16.5 Å². The van der Waals surface area contributed by atoms with Gasteiger partial charge < -0.3 is 5.32 Å². The van der Waals surface area contributed by atoms with E-state index in [0.29, 0.717) is 5.95 Å². The van der Waals surface area contributed by atoms with Gasteiger partial charge in [0.25, 0.3) is 0 Å². The second kappa shape index (κ2) is 4.58. The maximum absolute atomic E-state index is 5.73. The molecule has 1 N–H and O–H groups in total. The average molecular weight is 273 g/mol. The fraction of sp³-hybridized carbons (Fsp3) is 0.727. The third-order valence-electron chi connectivity index (χ3n) is 3.53. The molecular weight excluding hydrogens is 259 g/mol. The summed E-state index contributed by atoms with van der Waals surface area (Å²) < 4.78 is 0. The molecule has 0 aliphatic heterocycles. The van der Waals surface area contributed by atoms with E-state index in [1.165, 1.54) is 25.7 Å². The van der Waals surface area contributed by atoms with Gasteiger partial charge in [-0.05, 0) is 66.6 Å². The minimum atomic E-state index is 0.141. The van der Waals surface area contributed by atoms with Crippen molar-refractivity contribution in [3.8, 4) is 0 Å². The Morgan fingerprint density at radius 2 is 1.53 bits per heavy atom. The van der Waals surface area contributed by atoms with E-state index in [1.807, 2.05) is 0 Å². The van der Waals surface area contributed by atoms with Crippen molar-refractivity contribution in [1.82, 2.24) is 15.0 Å². The molecule has 0 bridgehead atoms. The Labute approximate surface area is 110 Å². The highest BCUT2D eigenvalue weighted by molar-refractivity contribution is 6.31. The number of rotatable bonds is 5. The number of halogens is 2. The van der Waals surface area contributed by atoms with Gasteiger partial charge in [0.05, 0.1) is 0 Å². The highest BCUT2D eigenvalue weighted by Crippen LogP contribution is 2.49. The number of anilines is 1. The van der Waals surface area contributed by atoms with Crippen molar-refractivity contribution in [3.05, 3.63) is 10.6 Å². The van der Waals surface area contributed by atoms with Gasteiger partial charge in [-0.2, -0.15) is 15.0 Å². The van der Waals surface area contributed by atoms with Crippen LogP contribution in [0, 0.1) is 17.8 Å². The molecule has 2 aliphatic carbocycles. The summed E-state index contributed by atoms with van der Waals surface area (Å²) in [5.74, 6) is 3.07. The van der Waals surface area contributed by atoms with Crippen LogP contribution in [0.4, 0.5) is 5.95 Å². The predicted molar refractivity (Wildman–Crippen MR) is 67.3 cm³/mol. The Hall–Kier alpha value is -0.610. The van der Waals surface area contributed by atoms with Crippen LogP contribution in [-0.4, -0.2) is 21.5 Å². The first-order valence-corrected chi connectivity index (χ1v) is 6.79. The molecule has 0 saturated heterocycles. The van der Waals surface area contributed by atoms with Gasteiger partial charge in [0.1, 0.15) is 0 Å². The predicted octanol–water partition coefficient (Wildman–Crippen LogP) is 3.03. The smallest absolute Gasteiger partial charge is 0.228 e. The lowest BCUT2D eigenvalue weighted by atomic mass is 9.98. The summed E-state index contributed by atoms with van der Waals surface area (Å²) in [7, 11) is 0. The molecule has 17 heavy (non-hydrogen) atoms. The Balaban J connectivity index is 1.61.